The quantitative estimate of drug-likeness (QED) is 0.765. The Balaban J connectivity index is 1.90. The van der Waals surface area contributed by atoms with Gasteiger partial charge in [-0.1, -0.05) is 18.2 Å². The van der Waals surface area contributed by atoms with Crippen LogP contribution in [0, 0.1) is 0 Å². The van der Waals surface area contributed by atoms with Gasteiger partial charge < -0.3 is 4.74 Å². The summed E-state index contributed by atoms with van der Waals surface area (Å²) in [7, 11) is -3.73. The number of alkyl halides is 3. The monoisotopic (exact) mass is 366 g/mol. The summed E-state index contributed by atoms with van der Waals surface area (Å²) in [5, 5.41) is 1.72. The molecule has 1 aromatic heterocycles. The van der Waals surface area contributed by atoms with E-state index in [9.17, 15) is 21.6 Å². The van der Waals surface area contributed by atoms with Crippen LogP contribution in [0.15, 0.2) is 40.6 Å². The first-order chi connectivity index (χ1) is 10.8. The van der Waals surface area contributed by atoms with Crippen molar-refractivity contribution in [3.8, 4) is 0 Å². The highest BCUT2D eigenvalue weighted by Gasteiger charge is 2.27. The van der Waals surface area contributed by atoms with E-state index in [2.05, 4.69) is 14.4 Å². The molecule has 0 saturated carbocycles. The van der Waals surface area contributed by atoms with Gasteiger partial charge in [0.15, 0.2) is 5.13 Å². The Bertz CT molecular complexity index is 730. The normalized spacial score (nSPS) is 12.3. The number of thiazole rings is 1. The maximum absolute atomic E-state index is 12.1. The van der Waals surface area contributed by atoms with E-state index in [1.165, 1.54) is 12.1 Å². The summed E-state index contributed by atoms with van der Waals surface area (Å²) in [5.74, 6) is 0. The second-order valence-electron chi connectivity index (χ2n) is 4.48. The van der Waals surface area contributed by atoms with Crippen molar-refractivity contribution in [1.29, 1.82) is 0 Å². The second-order valence-corrected chi connectivity index (χ2v) is 7.02. The number of sulfonamides is 1. The summed E-state index contributed by atoms with van der Waals surface area (Å²) in [6.07, 6.45) is -4.20. The molecule has 0 atom stereocenters. The Hall–Kier alpha value is -1.65. The molecule has 23 heavy (non-hydrogen) atoms. The van der Waals surface area contributed by atoms with Crippen molar-refractivity contribution in [2.75, 3.05) is 17.9 Å². The van der Waals surface area contributed by atoms with Gasteiger partial charge in [0.25, 0.3) is 10.0 Å². The van der Waals surface area contributed by atoms with Crippen LogP contribution in [-0.2, 0) is 21.2 Å². The number of halogens is 3. The maximum Gasteiger partial charge on any atom is 0.411 e. The largest absolute Gasteiger partial charge is 0.411 e. The molecule has 1 aromatic carbocycles. The first-order valence-corrected chi connectivity index (χ1v) is 8.79. The van der Waals surface area contributed by atoms with Gasteiger partial charge in [0.2, 0.25) is 0 Å². The Labute approximate surface area is 135 Å². The van der Waals surface area contributed by atoms with Crippen molar-refractivity contribution in [1.82, 2.24) is 4.98 Å². The van der Waals surface area contributed by atoms with E-state index in [-0.39, 0.29) is 23.1 Å². The highest BCUT2D eigenvalue weighted by molar-refractivity contribution is 7.93. The molecule has 0 aliphatic heterocycles. The van der Waals surface area contributed by atoms with Gasteiger partial charge in [0, 0.05) is 11.8 Å². The Kier molecular flexibility index (Phi) is 5.60. The van der Waals surface area contributed by atoms with Crippen LogP contribution in [-0.4, -0.2) is 32.8 Å². The predicted molar refractivity (Wildman–Crippen MR) is 79.9 cm³/mol. The lowest BCUT2D eigenvalue weighted by Crippen LogP contribution is -2.18. The molecule has 10 heteroatoms. The van der Waals surface area contributed by atoms with E-state index in [0.717, 1.165) is 11.3 Å². The predicted octanol–water partition coefficient (Wildman–Crippen LogP) is 3.07. The van der Waals surface area contributed by atoms with Crippen molar-refractivity contribution in [3.63, 3.8) is 0 Å². The van der Waals surface area contributed by atoms with E-state index in [1.807, 2.05) is 0 Å². The highest BCUT2D eigenvalue weighted by Crippen LogP contribution is 2.20. The molecule has 0 aliphatic carbocycles. The Morgan fingerprint density at radius 1 is 1.22 bits per heavy atom. The van der Waals surface area contributed by atoms with Crippen LogP contribution in [0.4, 0.5) is 18.3 Å². The lowest BCUT2D eigenvalue weighted by Gasteiger charge is -2.06. The molecule has 0 amide bonds. The summed E-state index contributed by atoms with van der Waals surface area (Å²) < 4.78 is 66.7. The number of nitrogens with zero attached hydrogens (tertiary/aromatic N) is 1. The standard InChI is InChI=1S/C13H13F3N2O3S2/c14-13(15,16)9-21-7-6-10-8-22-12(17-10)18-23(19,20)11-4-2-1-3-5-11/h1-5,8H,6-7,9H2,(H,17,18). The molecule has 0 saturated heterocycles. The molecule has 2 rings (SSSR count). The number of hydrogen-bond acceptors (Lipinski definition) is 5. The van der Waals surface area contributed by atoms with Gasteiger partial charge in [-0.3, -0.25) is 4.72 Å². The zero-order valence-corrected chi connectivity index (χ0v) is 13.3. The fourth-order valence-corrected chi connectivity index (χ4v) is 3.63. The average Bonchev–Trinajstić information content (AvgIpc) is 2.90. The van der Waals surface area contributed by atoms with Gasteiger partial charge in [-0.05, 0) is 12.1 Å². The molecule has 0 bridgehead atoms. The number of ether oxygens (including phenoxy) is 1. The summed E-state index contributed by atoms with van der Waals surface area (Å²) in [6, 6.07) is 7.78. The minimum atomic E-state index is -4.36. The molecular formula is C13H13F3N2O3S2. The Morgan fingerprint density at radius 2 is 1.91 bits per heavy atom. The van der Waals surface area contributed by atoms with Crippen LogP contribution in [0.2, 0.25) is 0 Å². The zero-order valence-electron chi connectivity index (χ0n) is 11.7. The number of aromatic nitrogens is 1. The maximum atomic E-state index is 12.1. The number of rotatable bonds is 7. The number of hydrogen-bond donors (Lipinski definition) is 1. The van der Waals surface area contributed by atoms with E-state index in [0.29, 0.717) is 5.69 Å². The molecule has 2 aromatic rings. The summed E-state index contributed by atoms with van der Waals surface area (Å²) in [6.45, 7) is -1.46. The average molecular weight is 366 g/mol. The van der Waals surface area contributed by atoms with E-state index >= 15 is 0 Å². The second kappa shape index (κ2) is 7.28. The van der Waals surface area contributed by atoms with Crippen molar-refractivity contribution >= 4 is 26.5 Å². The van der Waals surface area contributed by atoms with E-state index in [4.69, 9.17) is 0 Å². The fraction of sp³-hybridized carbons (Fsp3) is 0.308. The molecule has 0 spiro atoms. The third kappa shape index (κ3) is 5.81. The molecule has 1 heterocycles. The van der Waals surface area contributed by atoms with E-state index in [1.54, 1.807) is 23.6 Å². The van der Waals surface area contributed by atoms with Crippen LogP contribution in [0.25, 0.3) is 0 Å². The fourth-order valence-electron chi connectivity index (χ4n) is 1.61. The van der Waals surface area contributed by atoms with Crippen LogP contribution in [0.3, 0.4) is 0 Å². The van der Waals surface area contributed by atoms with Gasteiger partial charge in [0.05, 0.1) is 17.2 Å². The molecule has 0 unspecified atom stereocenters. The van der Waals surface area contributed by atoms with Crippen LogP contribution in [0.5, 0.6) is 0 Å². The number of anilines is 1. The molecule has 0 fully saturated rings. The third-order valence-corrected chi connectivity index (χ3v) is 4.89. The topological polar surface area (TPSA) is 68.3 Å². The highest BCUT2D eigenvalue weighted by atomic mass is 32.2. The van der Waals surface area contributed by atoms with Crippen molar-refractivity contribution in [2.24, 2.45) is 0 Å². The van der Waals surface area contributed by atoms with Gasteiger partial charge in [-0.2, -0.15) is 13.2 Å². The van der Waals surface area contributed by atoms with Crippen LogP contribution >= 0.6 is 11.3 Å². The van der Waals surface area contributed by atoms with Crippen molar-refractivity contribution < 1.29 is 26.3 Å². The van der Waals surface area contributed by atoms with E-state index < -0.39 is 22.8 Å². The number of benzene rings is 1. The number of nitrogens with one attached hydrogen (secondary N) is 1. The first kappa shape index (κ1) is 17.7. The lowest BCUT2D eigenvalue weighted by atomic mass is 10.4. The van der Waals surface area contributed by atoms with Gasteiger partial charge >= 0.3 is 6.18 Å². The van der Waals surface area contributed by atoms with Gasteiger partial charge in [0.1, 0.15) is 6.61 Å². The minimum absolute atomic E-state index is 0.102. The summed E-state index contributed by atoms with van der Waals surface area (Å²) in [4.78, 5) is 4.12. The van der Waals surface area contributed by atoms with Crippen LogP contribution in [0.1, 0.15) is 5.69 Å². The summed E-state index contributed by atoms with van der Waals surface area (Å²) in [5.41, 5.74) is 0.461. The van der Waals surface area contributed by atoms with Gasteiger partial charge in [-0.15, -0.1) is 11.3 Å². The SMILES string of the molecule is O=S(=O)(Nc1nc(CCOCC(F)(F)F)cs1)c1ccccc1. The smallest absolute Gasteiger partial charge is 0.372 e. The first-order valence-electron chi connectivity index (χ1n) is 6.43. The minimum Gasteiger partial charge on any atom is -0.372 e. The molecule has 0 aliphatic rings. The molecular weight excluding hydrogens is 353 g/mol. The van der Waals surface area contributed by atoms with Crippen molar-refractivity contribution in [2.45, 2.75) is 17.5 Å². The molecule has 1 N–H and O–H groups in total. The summed E-state index contributed by atoms with van der Waals surface area (Å²) >= 11 is 1.06. The molecule has 5 nitrogen and oxygen atoms in total. The third-order valence-electron chi connectivity index (χ3n) is 2.60. The zero-order chi connectivity index (χ0) is 16.9. The lowest BCUT2D eigenvalue weighted by molar-refractivity contribution is -0.173. The molecule has 126 valence electrons. The van der Waals surface area contributed by atoms with Crippen LogP contribution < -0.4 is 4.72 Å². The van der Waals surface area contributed by atoms with Crippen molar-refractivity contribution in [3.05, 3.63) is 41.4 Å². The molecule has 0 radical (unpaired) electrons. The Morgan fingerprint density at radius 3 is 2.57 bits per heavy atom. The van der Waals surface area contributed by atoms with Gasteiger partial charge in [-0.25, -0.2) is 13.4 Å².